The van der Waals surface area contributed by atoms with Crippen molar-refractivity contribution in [3.8, 4) is 10.8 Å². The number of halogens is 1. The lowest BCUT2D eigenvalue weighted by Gasteiger charge is -1.82. The minimum absolute atomic E-state index is 0.603. The van der Waals surface area contributed by atoms with Crippen LogP contribution in [0.1, 0.15) is 4.88 Å². The lowest BCUT2D eigenvalue weighted by molar-refractivity contribution is 0.570. The highest BCUT2D eigenvalue weighted by Crippen LogP contribution is 2.30. The number of rotatable bonds is 1. The fraction of sp³-hybridized carbons (Fsp3) is 0.143. The zero-order valence-electron chi connectivity index (χ0n) is 6.24. The summed E-state index contributed by atoms with van der Waals surface area (Å²) < 4.78 is 6.31. The summed E-state index contributed by atoms with van der Waals surface area (Å²) in [5, 5.41) is 7.46. The number of aryl methyl sites for hydroxylation is 1. The minimum Gasteiger partial charge on any atom is -0.423 e. The summed E-state index contributed by atoms with van der Waals surface area (Å²) in [5.41, 5.74) is 0. The van der Waals surface area contributed by atoms with Crippen molar-refractivity contribution in [2.45, 2.75) is 6.92 Å². The van der Waals surface area contributed by atoms with Crippen molar-refractivity contribution >= 4 is 33.9 Å². The van der Waals surface area contributed by atoms with Crippen molar-refractivity contribution in [1.29, 1.82) is 0 Å². The van der Waals surface area contributed by atoms with E-state index in [1.807, 2.05) is 6.07 Å². The largest absolute Gasteiger partial charge is 0.423 e. The first-order valence-electron chi connectivity index (χ1n) is 3.30. The molecule has 2 rings (SSSR count). The number of hydrogen-bond acceptors (Lipinski definition) is 4. The molecule has 5 heteroatoms. The second kappa shape index (κ2) is 3.14. The summed E-state index contributed by atoms with van der Waals surface area (Å²) in [6, 6.07) is 2.05. The second-order valence-electron chi connectivity index (χ2n) is 2.26. The third-order valence-electron chi connectivity index (χ3n) is 1.43. The first-order chi connectivity index (χ1) is 5.77. The van der Waals surface area contributed by atoms with Crippen LogP contribution in [0.25, 0.3) is 10.8 Å². The van der Waals surface area contributed by atoms with Crippen LogP contribution in [0.15, 0.2) is 16.9 Å². The molecule has 0 aromatic carbocycles. The Morgan fingerprint density at radius 3 is 2.92 bits per heavy atom. The van der Waals surface area contributed by atoms with Gasteiger partial charge in [-0.2, -0.15) is 0 Å². The summed E-state index contributed by atoms with van der Waals surface area (Å²) in [7, 11) is 0. The van der Waals surface area contributed by atoms with Crippen molar-refractivity contribution < 1.29 is 4.42 Å². The monoisotopic (exact) mass is 292 g/mol. The second-order valence-corrected chi connectivity index (χ2v) is 4.68. The van der Waals surface area contributed by atoms with E-state index in [-0.39, 0.29) is 0 Å². The maximum absolute atomic E-state index is 5.07. The zero-order chi connectivity index (χ0) is 8.55. The smallest absolute Gasteiger partial charge is 0.257 e. The summed E-state index contributed by atoms with van der Waals surface area (Å²) >= 11 is 3.96. The molecule has 0 amide bonds. The van der Waals surface area contributed by atoms with Crippen LogP contribution in [0.2, 0.25) is 0 Å². The quantitative estimate of drug-likeness (QED) is 0.759. The maximum atomic E-state index is 5.07. The number of hydrogen-bond donors (Lipinski definition) is 0. The lowest BCUT2D eigenvalue weighted by atomic mass is 10.4. The van der Waals surface area contributed by atoms with Gasteiger partial charge in [-0.15, -0.1) is 21.5 Å². The van der Waals surface area contributed by atoms with E-state index in [0.717, 1.165) is 4.88 Å². The predicted molar refractivity (Wildman–Crippen MR) is 55.1 cm³/mol. The maximum Gasteiger partial charge on any atom is 0.257 e. The van der Waals surface area contributed by atoms with Gasteiger partial charge in [0, 0.05) is 8.45 Å². The van der Waals surface area contributed by atoms with Gasteiger partial charge in [-0.3, -0.25) is 0 Å². The molecule has 0 aliphatic heterocycles. The van der Waals surface area contributed by atoms with Gasteiger partial charge in [0.2, 0.25) is 6.39 Å². The highest BCUT2D eigenvalue weighted by Gasteiger charge is 2.08. The molecule has 0 spiro atoms. The molecule has 0 saturated heterocycles. The molecule has 2 heterocycles. The van der Waals surface area contributed by atoms with Gasteiger partial charge < -0.3 is 4.42 Å². The van der Waals surface area contributed by atoms with Gasteiger partial charge in [0.1, 0.15) is 0 Å². The Hall–Kier alpha value is -0.430. The molecule has 12 heavy (non-hydrogen) atoms. The fourth-order valence-electron chi connectivity index (χ4n) is 0.846. The zero-order valence-corrected chi connectivity index (χ0v) is 9.22. The molecule has 2 aromatic rings. The Morgan fingerprint density at radius 1 is 1.58 bits per heavy atom. The normalized spacial score (nSPS) is 10.5. The molecule has 0 aliphatic carbocycles. The molecule has 0 atom stereocenters. The molecule has 0 unspecified atom stereocenters. The van der Waals surface area contributed by atoms with Crippen molar-refractivity contribution in [1.82, 2.24) is 10.2 Å². The van der Waals surface area contributed by atoms with Crippen LogP contribution in [-0.4, -0.2) is 10.2 Å². The number of aromatic nitrogens is 2. The SMILES string of the molecule is Cc1sc(-c2nnco2)cc1I. The van der Waals surface area contributed by atoms with Crippen LogP contribution < -0.4 is 0 Å². The van der Waals surface area contributed by atoms with E-state index in [2.05, 4.69) is 39.7 Å². The highest BCUT2D eigenvalue weighted by atomic mass is 127. The van der Waals surface area contributed by atoms with Crippen molar-refractivity contribution in [2.24, 2.45) is 0 Å². The molecular formula is C7H5IN2OS. The molecule has 0 aliphatic rings. The van der Waals surface area contributed by atoms with E-state index in [1.54, 1.807) is 11.3 Å². The summed E-state index contributed by atoms with van der Waals surface area (Å²) in [4.78, 5) is 2.32. The van der Waals surface area contributed by atoms with E-state index in [9.17, 15) is 0 Å². The standard InChI is InChI=1S/C7H5IN2OS/c1-4-5(8)2-6(12-4)7-10-9-3-11-7/h2-3H,1H3. The fourth-order valence-corrected chi connectivity index (χ4v) is 2.54. The summed E-state index contributed by atoms with van der Waals surface area (Å²) in [6.45, 7) is 2.08. The molecule has 62 valence electrons. The Labute approximate surface area is 87.0 Å². The molecule has 0 radical (unpaired) electrons. The van der Waals surface area contributed by atoms with Gasteiger partial charge in [-0.25, -0.2) is 0 Å². The van der Waals surface area contributed by atoms with E-state index in [0.29, 0.717) is 5.89 Å². The summed E-state index contributed by atoms with van der Waals surface area (Å²) in [5.74, 6) is 0.603. The Kier molecular flexibility index (Phi) is 2.14. The molecule has 0 fully saturated rings. The van der Waals surface area contributed by atoms with Crippen molar-refractivity contribution in [3.05, 3.63) is 20.9 Å². The van der Waals surface area contributed by atoms with E-state index < -0.39 is 0 Å². The summed E-state index contributed by atoms with van der Waals surface area (Å²) in [6.07, 6.45) is 1.34. The third kappa shape index (κ3) is 1.38. The predicted octanol–water partition coefficient (Wildman–Crippen LogP) is 2.71. The van der Waals surface area contributed by atoms with Crippen LogP contribution in [0.4, 0.5) is 0 Å². The van der Waals surface area contributed by atoms with Gasteiger partial charge in [0.15, 0.2) is 0 Å². The van der Waals surface area contributed by atoms with Crippen LogP contribution in [0.3, 0.4) is 0 Å². The molecule has 0 bridgehead atoms. The van der Waals surface area contributed by atoms with Crippen LogP contribution in [0.5, 0.6) is 0 Å². The van der Waals surface area contributed by atoms with Crippen LogP contribution in [-0.2, 0) is 0 Å². The lowest BCUT2D eigenvalue weighted by Crippen LogP contribution is -1.70. The molecule has 3 nitrogen and oxygen atoms in total. The Balaban J connectivity index is 2.48. The molecule has 0 N–H and O–H groups in total. The van der Waals surface area contributed by atoms with Gasteiger partial charge >= 0.3 is 0 Å². The Bertz CT molecular complexity index is 363. The highest BCUT2D eigenvalue weighted by molar-refractivity contribution is 14.1. The molecule has 0 saturated carbocycles. The molecular weight excluding hydrogens is 287 g/mol. The van der Waals surface area contributed by atoms with Gasteiger partial charge in [0.05, 0.1) is 4.88 Å². The van der Waals surface area contributed by atoms with Gasteiger partial charge in [0.25, 0.3) is 5.89 Å². The minimum atomic E-state index is 0.603. The topological polar surface area (TPSA) is 38.9 Å². The van der Waals surface area contributed by atoms with E-state index in [4.69, 9.17) is 4.42 Å². The van der Waals surface area contributed by atoms with E-state index in [1.165, 1.54) is 14.8 Å². The third-order valence-corrected chi connectivity index (χ3v) is 3.95. The number of thiophene rings is 1. The molecule has 2 aromatic heterocycles. The van der Waals surface area contributed by atoms with Crippen LogP contribution >= 0.6 is 33.9 Å². The van der Waals surface area contributed by atoms with Gasteiger partial charge in [-0.1, -0.05) is 0 Å². The van der Waals surface area contributed by atoms with Crippen molar-refractivity contribution in [3.63, 3.8) is 0 Å². The first kappa shape index (κ1) is 8.18. The van der Waals surface area contributed by atoms with E-state index >= 15 is 0 Å². The van der Waals surface area contributed by atoms with Crippen molar-refractivity contribution in [2.75, 3.05) is 0 Å². The Morgan fingerprint density at radius 2 is 2.42 bits per heavy atom. The average molecular weight is 292 g/mol. The first-order valence-corrected chi connectivity index (χ1v) is 5.19. The number of nitrogens with zero attached hydrogens (tertiary/aromatic N) is 2. The average Bonchev–Trinajstić information content (AvgIpc) is 2.61. The van der Waals surface area contributed by atoms with Gasteiger partial charge in [-0.05, 0) is 35.6 Å². The van der Waals surface area contributed by atoms with Crippen LogP contribution in [0, 0.1) is 10.5 Å².